The Morgan fingerprint density at radius 2 is 2.10 bits per heavy atom. The highest BCUT2D eigenvalue weighted by Gasteiger charge is 2.08. The molecule has 1 rings (SSSR count). The number of hydrogen-bond acceptors (Lipinski definition) is 5. The van der Waals surface area contributed by atoms with Crippen LogP contribution in [0.2, 0.25) is 0 Å². The van der Waals surface area contributed by atoms with Gasteiger partial charge in [0.05, 0.1) is 7.11 Å². The van der Waals surface area contributed by atoms with Gasteiger partial charge in [-0.15, -0.1) is 0 Å². The van der Waals surface area contributed by atoms with E-state index >= 15 is 0 Å². The van der Waals surface area contributed by atoms with Crippen LogP contribution in [0.1, 0.15) is 13.8 Å². The monoisotopic (exact) mass is 299 g/mol. The summed E-state index contributed by atoms with van der Waals surface area (Å²) in [6.07, 6.45) is -0.518. The smallest absolute Gasteiger partial charge is 0.123 e. The molecular weight excluding hydrogens is 274 g/mol. The zero-order chi connectivity index (χ0) is 14.8. The van der Waals surface area contributed by atoms with Crippen LogP contribution in [0.15, 0.2) is 24.3 Å². The number of aliphatic hydroxyl groups excluding tert-OH is 1. The van der Waals surface area contributed by atoms with Crippen LogP contribution in [0.5, 0.6) is 11.5 Å². The van der Waals surface area contributed by atoms with Crippen molar-refractivity contribution < 1.29 is 14.6 Å². The van der Waals surface area contributed by atoms with E-state index in [0.29, 0.717) is 18.3 Å². The van der Waals surface area contributed by atoms with E-state index in [0.717, 1.165) is 17.3 Å². The van der Waals surface area contributed by atoms with Crippen LogP contribution in [-0.2, 0) is 0 Å². The van der Waals surface area contributed by atoms with Crippen molar-refractivity contribution in [2.45, 2.75) is 26.0 Å². The largest absolute Gasteiger partial charge is 0.497 e. The second-order valence-electron chi connectivity index (χ2n) is 4.61. The molecule has 0 saturated heterocycles. The first kappa shape index (κ1) is 17.1. The van der Waals surface area contributed by atoms with Crippen LogP contribution >= 0.6 is 11.8 Å². The molecule has 2 unspecified atom stereocenters. The second-order valence-corrected chi connectivity index (χ2v) is 5.93. The molecule has 1 aromatic rings. The Morgan fingerprint density at radius 1 is 1.35 bits per heavy atom. The first-order valence-electron chi connectivity index (χ1n) is 6.91. The van der Waals surface area contributed by atoms with Gasteiger partial charge in [0.15, 0.2) is 0 Å². The highest BCUT2D eigenvalue weighted by Crippen LogP contribution is 2.18. The van der Waals surface area contributed by atoms with Crippen LogP contribution in [0.4, 0.5) is 0 Å². The van der Waals surface area contributed by atoms with E-state index in [1.54, 1.807) is 13.2 Å². The number of benzene rings is 1. The summed E-state index contributed by atoms with van der Waals surface area (Å²) in [5, 5.41) is 13.2. The average molecular weight is 299 g/mol. The maximum atomic E-state index is 9.89. The van der Waals surface area contributed by atoms with Gasteiger partial charge in [-0.1, -0.05) is 13.0 Å². The minimum Gasteiger partial charge on any atom is -0.497 e. The molecule has 0 radical (unpaired) electrons. The summed E-state index contributed by atoms with van der Waals surface area (Å²) in [5.74, 6) is 3.63. The molecule has 0 amide bonds. The Balaban J connectivity index is 2.23. The summed E-state index contributed by atoms with van der Waals surface area (Å²) < 4.78 is 10.7. The molecular formula is C15H25NO3S. The van der Waals surface area contributed by atoms with Crippen LogP contribution in [0, 0.1) is 0 Å². The van der Waals surface area contributed by atoms with Crippen molar-refractivity contribution in [2.75, 3.05) is 31.8 Å². The van der Waals surface area contributed by atoms with E-state index < -0.39 is 6.10 Å². The van der Waals surface area contributed by atoms with Gasteiger partial charge in [-0.3, -0.25) is 0 Å². The number of rotatable bonds is 10. The molecule has 0 heterocycles. The zero-order valence-corrected chi connectivity index (χ0v) is 13.3. The van der Waals surface area contributed by atoms with E-state index in [1.807, 2.05) is 30.0 Å². The molecule has 20 heavy (non-hydrogen) atoms. The lowest BCUT2D eigenvalue weighted by molar-refractivity contribution is 0.104. The molecule has 114 valence electrons. The molecule has 0 aliphatic carbocycles. The topological polar surface area (TPSA) is 50.7 Å². The standard InChI is InChI=1S/C15H25NO3S/c1-4-20-11-12(2)16-9-13(17)10-19-15-7-5-6-14(8-15)18-3/h5-8,12-13,16-17H,4,9-11H2,1-3H3. The number of nitrogens with one attached hydrogen (secondary N) is 1. The highest BCUT2D eigenvalue weighted by atomic mass is 32.2. The number of thioether (sulfide) groups is 1. The second kappa shape index (κ2) is 9.91. The Bertz CT molecular complexity index is 376. The molecule has 0 aliphatic heterocycles. The molecule has 2 N–H and O–H groups in total. The van der Waals surface area contributed by atoms with Crippen LogP contribution < -0.4 is 14.8 Å². The average Bonchev–Trinajstić information content (AvgIpc) is 2.49. The summed E-state index contributed by atoms with van der Waals surface area (Å²) in [7, 11) is 1.62. The van der Waals surface area contributed by atoms with Gasteiger partial charge < -0.3 is 19.9 Å². The van der Waals surface area contributed by atoms with Gasteiger partial charge in [0.2, 0.25) is 0 Å². The first-order chi connectivity index (χ1) is 9.65. The third-order valence-corrected chi connectivity index (χ3v) is 3.90. The van der Waals surface area contributed by atoms with Gasteiger partial charge in [-0.25, -0.2) is 0 Å². The SMILES string of the molecule is CCSCC(C)NCC(O)COc1cccc(OC)c1. The Morgan fingerprint density at radius 3 is 2.80 bits per heavy atom. The van der Waals surface area contributed by atoms with E-state index in [1.165, 1.54) is 0 Å². The summed E-state index contributed by atoms with van der Waals surface area (Å²) in [6.45, 7) is 5.08. The summed E-state index contributed by atoms with van der Waals surface area (Å²) >= 11 is 1.89. The van der Waals surface area contributed by atoms with Crippen molar-refractivity contribution in [1.29, 1.82) is 0 Å². The lowest BCUT2D eigenvalue weighted by atomic mass is 10.3. The summed E-state index contributed by atoms with van der Waals surface area (Å²) in [6, 6.07) is 7.77. The van der Waals surface area contributed by atoms with Crippen LogP contribution in [0.25, 0.3) is 0 Å². The third kappa shape index (κ3) is 7.03. The van der Waals surface area contributed by atoms with Crippen molar-refractivity contribution >= 4 is 11.8 Å². The first-order valence-corrected chi connectivity index (χ1v) is 8.07. The van der Waals surface area contributed by atoms with Crippen molar-refractivity contribution in [3.8, 4) is 11.5 Å². The van der Waals surface area contributed by atoms with Crippen molar-refractivity contribution in [3.63, 3.8) is 0 Å². The molecule has 1 aromatic carbocycles. The molecule has 0 aliphatic rings. The summed E-state index contributed by atoms with van der Waals surface area (Å²) in [5.41, 5.74) is 0. The molecule has 5 heteroatoms. The predicted octanol–water partition coefficient (Wildman–Crippen LogP) is 2.17. The van der Waals surface area contributed by atoms with Gasteiger partial charge in [0.25, 0.3) is 0 Å². The van der Waals surface area contributed by atoms with E-state index in [9.17, 15) is 5.11 Å². The fourth-order valence-electron chi connectivity index (χ4n) is 1.63. The highest BCUT2D eigenvalue weighted by molar-refractivity contribution is 7.99. The van der Waals surface area contributed by atoms with Crippen molar-refractivity contribution in [3.05, 3.63) is 24.3 Å². The van der Waals surface area contributed by atoms with Gasteiger partial charge in [0, 0.05) is 24.4 Å². The summed E-state index contributed by atoms with van der Waals surface area (Å²) in [4.78, 5) is 0. The molecule has 0 saturated carbocycles. The van der Waals surface area contributed by atoms with E-state index in [4.69, 9.17) is 9.47 Å². The lowest BCUT2D eigenvalue weighted by Crippen LogP contribution is -2.37. The van der Waals surface area contributed by atoms with Gasteiger partial charge >= 0.3 is 0 Å². The van der Waals surface area contributed by atoms with E-state index in [2.05, 4.69) is 19.2 Å². The van der Waals surface area contributed by atoms with Crippen molar-refractivity contribution in [2.24, 2.45) is 0 Å². The van der Waals surface area contributed by atoms with Gasteiger partial charge in [-0.05, 0) is 24.8 Å². The maximum absolute atomic E-state index is 9.89. The molecule has 4 nitrogen and oxygen atoms in total. The fraction of sp³-hybridized carbons (Fsp3) is 0.600. The Kier molecular flexibility index (Phi) is 8.49. The molecule has 0 fully saturated rings. The molecule has 2 atom stereocenters. The number of ether oxygens (including phenoxy) is 2. The lowest BCUT2D eigenvalue weighted by Gasteiger charge is -2.17. The van der Waals surface area contributed by atoms with Crippen molar-refractivity contribution in [1.82, 2.24) is 5.32 Å². The molecule has 0 spiro atoms. The van der Waals surface area contributed by atoms with E-state index in [-0.39, 0.29) is 6.61 Å². The number of aliphatic hydroxyl groups is 1. The minimum absolute atomic E-state index is 0.272. The number of methoxy groups -OCH3 is 1. The maximum Gasteiger partial charge on any atom is 0.123 e. The normalized spacial score (nSPS) is 13.8. The zero-order valence-electron chi connectivity index (χ0n) is 12.5. The Hall–Kier alpha value is -0.910. The van der Waals surface area contributed by atoms with Gasteiger partial charge in [-0.2, -0.15) is 11.8 Å². The Labute approximate surface area is 125 Å². The van der Waals surface area contributed by atoms with Crippen LogP contribution in [-0.4, -0.2) is 49.0 Å². The minimum atomic E-state index is -0.518. The number of hydrogen-bond donors (Lipinski definition) is 2. The molecule has 0 bridgehead atoms. The third-order valence-electron chi connectivity index (χ3n) is 2.76. The molecule has 0 aromatic heterocycles. The fourth-order valence-corrected chi connectivity index (χ4v) is 2.34. The predicted molar refractivity (Wildman–Crippen MR) is 85.0 cm³/mol. The van der Waals surface area contributed by atoms with Gasteiger partial charge in [0.1, 0.15) is 24.2 Å². The quantitative estimate of drug-likeness (QED) is 0.693. The van der Waals surface area contributed by atoms with Crippen LogP contribution in [0.3, 0.4) is 0 Å².